The molecule has 3 nitrogen and oxygen atoms in total. The van der Waals surface area contributed by atoms with E-state index < -0.39 is 0 Å². The van der Waals surface area contributed by atoms with Gasteiger partial charge in [-0.3, -0.25) is 4.90 Å². The first kappa shape index (κ1) is 20.5. The fourth-order valence-corrected chi connectivity index (χ4v) is 6.98. The SMILES string of the molecule is COc1ccc(C2C=C(c3ccccc3)OC3=C2SC2(CCCC2)N3c2ccccc2)cc1. The minimum absolute atomic E-state index is 0.0245. The molecule has 4 heteroatoms. The molecule has 2 aliphatic heterocycles. The number of methoxy groups -OCH3 is 1. The summed E-state index contributed by atoms with van der Waals surface area (Å²) in [5, 5.41) is 0. The minimum atomic E-state index is 0.0245. The Labute approximate surface area is 199 Å². The molecule has 1 aliphatic carbocycles. The van der Waals surface area contributed by atoms with Gasteiger partial charge in [-0.25, -0.2) is 0 Å². The summed E-state index contributed by atoms with van der Waals surface area (Å²) in [4.78, 5) is 3.83. The number of thioether (sulfide) groups is 1. The monoisotopic (exact) mass is 453 g/mol. The van der Waals surface area contributed by atoms with Crippen LogP contribution >= 0.6 is 11.8 Å². The Bertz CT molecular complexity index is 1200. The Kier molecular flexibility index (Phi) is 5.18. The number of para-hydroxylation sites is 1. The molecule has 0 N–H and O–H groups in total. The van der Waals surface area contributed by atoms with Gasteiger partial charge in [-0.1, -0.05) is 85.3 Å². The third kappa shape index (κ3) is 3.53. The Balaban J connectivity index is 1.50. The first-order valence-electron chi connectivity index (χ1n) is 11.6. The second kappa shape index (κ2) is 8.35. The average molecular weight is 454 g/mol. The van der Waals surface area contributed by atoms with Crippen LogP contribution in [0.4, 0.5) is 5.69 Å². The normalized spacial score (nSPS) is 21.1. The molecule has 0 bridgehead atoms. The summed E-state index contributed by atoms with van der Waals surface area (Å²) in [6.45, 7) is 0. The summed E-state index contributed by atoms with van der Waals surface area (Å²) < 4.78 is 12.2. The van der Waals surface area contributed by atoms with Crippen molar-refractivity contribution in [1.29, 1.82) is 0 Å². The summed E-state index contributed by atoms with van der Waals surface area (Å²) in [5.74, 6) is 2.94. The van der Waals surface area contributed by atoms with E-state index in [1.54, 1.807) is 7.11 Å². The zero-order chi connectivity index (χ0) is 22.3. The van der Waals surface area contributed by atoms with Crippen molar-refractivity contribution in [2.45, 2.75) is 36.5 Å². The number of hydrogen-bond donors (Lipinski definition) is 0. The smallest absolute Gasteiger partial charge is 0.212 e. The van der Waals surface area contributed by atoms with E-state index >= 15 is 0 Å². The maximum Gasteiger partial charge on any atom is 0.212 e. The average Bonchev–Trinajstić information content (AvgIpc) is 3.48. The Morgan fingerprint density at radius 1 is 0.879 bits per heavy atom. The lowest BCUT2D eigenvalue weighted by molar-refractivity contribution is 0.339. The van der Waals surface area contributed by atoms with E-state index in [4.69, 9.17) is 9.47 Å². The van der Waals surface area contributed by atoms with Crippen molar-refractivity contribution in [1.82, 2.24) is 0 Å². The van der Waals surface area contributed by atoms with Crippen LogP contribution in [0.15, 0.2) is 102 Å². The number of allylic oxidation sites excluding steroid dienone is 2. The molecule has 1 fully saturated rings. The van der Waals surface area contributed by atoms with Crippen LogP contribution in [-0.2, 0) is 4.74 Å². The zero-order valence-corrected chi connectivity index (χ0v) is 19.6. The van der Waals surface area contributed by atoms with Gasteiger partial charge in [0.05, 0.1) is 16.9 Å². The standard InChI is InChI=1S/C29H27NO2S/c1-31-24-16-14-21(15-17-24)25-20-26(22-10-4-2-5-11-22)32-28-27(25)33-29(18-8-9-19-29)30(28)23-12-6-3-7-13-23/h2-7,10-17,20,25H,8-9,18-19H2,1H3. The highest BCUT2D eigenvalue weighted by atomic mass is 32.2. The molecule has 166 valence electrons. The van der Waals surface area contributed by atoms with Gasteiger partial charge in [0.2, 0.25) is 5.88 Å². The summed E-state index contributed by atoms with van der Waals surface area (Å²) in [6, 6.07) is 29.7. The van der Waals surface area contributed by atoms with Crippen molar-refractivity contribution in [3.8, 4) is 5.75 Å². The molecule has 6 rings (SSSR count). The molecule has 1 atom stereocenters. The molecule has 0 amide bonds. The largest absolute Gasteiger partial charge is 0.497 e. The summed E-state index contributed by atoms with van der Waals surface area (Å²) in [6.07, 6.45) is 7.13. The van der Waals surface area contributed by atoms with Crippen molar-refractivity contribution in [3.63, 3.8) is 0 Å². The number of rotatable bonds is 4. The Hall–Kier alpha value is -3.11. The van der Waals surface area contributed by atoms with Crippen LogP contribution in [0, 0.1) is 0 Å². The maximum absolute atomic E-state index is 6.77. The van der Waals surface area contributed by atoms with Crippen LogP contribution in [0.25, 0.3) is 5.76 Å². The van der Waals surface area contributed by atoms with E-state index in [0.29, 0.717) is 0 Å². The second-order valence-corrected chi connectivity index (χ2v) is 10.2. The van der Waals surface area contributed by atoms with Gasteiger partial charge in [-0.2, -0.15) is 0 Å². The first-order chi connectivity index (χ1) is 16.3. The molecule has 1 saturated carbocycles. The van der Waals surface area contributed by atoms with Gasteiger partial charge in [-0.05, 0) is 48.7 Å². The van der Waals surface area contributed by atoms with Gasteiger partial charge < -0.3 is 9.47 Å². The van der Waals surface area contributed by atoms with Gasteiger partial charge in [0.15, 0.2) is 0 Å². The fraction of sp³-hybridized carbons (Fsp3) is 0.241. The fourth-order valence-electron chi connectivity index (χ4n) is 5.25. The van der Waals surface area contributed by atoms with Gasteiger partial charge in [0.1, 0.15) is 11.5 Å². The van der Waals surface area contributed by atoms with Crippen molar-refractivity contribution in [2.75, 3.05) is 12.0 Å². The number of ether oxygens (including phenoxy) is 2. The highest BCUT2D eigenvalue weighted by Gasteiger charge is 2.52. The van der Waals surface area contributed by atoms with Crippen LogP contribution in [0.5, 0.6) is 5.75 Å². The van der Waals surface area contributed by atoms with E-state index in [1.807, 2.05) is 17.8 Å². The summed E-state index contributed by atoms with van der Waals surface area (Å²) in [5.41, 5.74) is 3.57. The van der Waals surface area contributed by atoms with Crippen molar-refractivity contribution in [3.05, 3.63) is 113 Å². The lowest BCUT2D eigenvalue weighted by Crippen LogP contribution is -2.40. The molecule has 3 aliphatic rings. The molecule has 2 heterocycles. The van der Waals surface area contributed by atoms with Crippen molar-refractivity contribution in [2.24, 2.45) is 0 Å². The second-order valence-electron chi connectivity index (χ2n) is 8.85. The Morgan fingerprint density at radius 3 is 2.21 bits per heavy atom. The molecular weight excluding hydrogens is 426 g/mol. The van der Waals surface area contributed by atoms with E-state index in [0.717, 1.165) is 23.0 Å². The molecule has 1 spiro atoms. The number of nitrogens with zero attached hydrogens (tertiary/aromatic N) is 1. The van der Waals surface area contributed by atoms with Crippen molar-refractivity contribution < 1.29 is 9.47 Å². The predicted molar refractivity (Wildman–Crippen MR) is 136 cm³/mol. The number of anilines is 1. The van der Waals surface area contributed by atoms with Gasteiger partial charge >= 0.3 is 0 Å². The summed E-state index contributed by atoms with van der Waals surface area (Å²) in [7, 11) is 1.71. The quantitative estimate of drug-likeness (QED) is 0.407. The zero-order valence-electron chi connectivity index (χ0n) is 18.7. The van der Waals surface area contributed by atoms with Gasteiger partial charge in [0, 0.05) is 17.2 Å². The molecule has 0 aromatic heterocycles. The van der Waals surface area contributed by atoms with Crippen LogP contribution in [0.1, 0.15) is 42.7 Å². The van der Waals surface area contributed by atoms with E-state index in [2.05, 4.69) is 89.8 Å². The lowest BCUT2D eigenvalue weighted by Gasteiger charge is -2.37. The number of hydrogen-bond acceptors (Lipinski definition) is 4. The highest BCUT2D eigenvalue weighted by molar-refractivity contribution is 8.04. The van der Waals surface area contributed by atoms with Crippen LogP contribution in [0.3, 0.4) is 0 Å². The topological polar surface area (TPSA) is 21.7 Å². The van der Waals surface area contributed by atoms with Crippen molar-refractivity contribution >= 4 is 23.2 Å². The molecule has 33 heavy (non-hydrogen) atoms. The Morgan fingerprint density at radius 2 is 1.55 bits per heavy atom. The first-order valence-corrected chi connectivity index (χ1v) is 12.5. The molecule has 0 saturated heterocycles. The van der Waals surface area contributed by atoms with Crippen LogP contribution < -0.4 is 9.64 Å². The summed E-state index contributed by atoms with van der Waals surface area (Å²) >= 11 is 2.02. The molecule has 3 aromatic rings. The number of benzene rings is 3. The van der Waals surface area contributed by atoms with E-state index in [9.17, 15) is 0 Å². The minimum Gasteiger partial charge on any atom is -0.497 e. The molecular formula is C29H27NO2S. The third-order valence-corrected chi connectivity index (χ3v) is 8.48. The maximum atomic E-state index is 6.77. The third-order valence-electron chi connectivity index (χ3n) is 6.86. The van der Waals surface area contributed by atoms with E-state index in [-0.39, 0.29) is 10.8 Å². The van der Waals surface area contributed by atoms with Gasteiger partial charge in [0.25, 0.3) is 0 Å². The molecule has 3 aromatic carbocycles. The van der Waals surface area contributed by atoms with Gasteiger partial charge in [-0.15, -0.1) is 0 Å². The molecule has 1 unspecified atom stereocenters. The van der Waals surface area contributed by atoms with E-state index in [1.165, 1.54) is 41.8 Å². The molecule has 0 radical (unpaired) electrons. The predicted octanol–water partition coefficient (Wildman–Crippen LogP) is 7.54. The van der Waals surface area contributed by atoms with Crippen LogP contribution in [0.2, 0.25) is 0 Å². The van der Waals surface area contributed by atoms with Crippen LogP contribution in [-0.4, -0.2) is 12.0 Å². The lowest BCUT2D eigenvalue weighted by atomic mass is 9.94. The highest BCUT2D eigenvalue weighted by Crippen LogP contribution is 2.61.